The van der Waals surface area contributed by atoms with Gasteiger partial charge in [0.15, 0.2) is 0 Å². The third-order valence-electron chi connectivity index (χ3n) is 9.06. The lowest BCUT2D eigenvalue weighted by Crippen LogP contribution is -2.50. The van der Waals surface area contributed by atoms with Gasteiger partial charge in [0.2, 0.25) is 11.8 Å². The van der Waals surface area contributed by atoms with Gasteiger partial charge in [-0.3, -0.25) is 14.4 Å². The van der Waals surface area contributed by atoms with Crippen LogP contribution in [0.4, 0.5) is 0 Å². The number of allylic oxidation sites excluding steroid dienone is 2. The fourth-order valence-electron chi connectivity index (χ4n) is 6.31. The van der Waals surface area contributed by atoms with E-state index < -0.39 is 23.4 Å². The predicted octanol–water partition coefficient (Wildman–Crippen LogP) is 6.27. The van der Waals surface area contributed by atoms with Crippen molar-refractivity contribution in [2.75, 3.05) is 13.2 Å². The Hall–Kier alpha value is -4.69. The van der Waals surface area contributed by atoms with Crippen molar-refractivity contribution >= 4 is 17.8 Å². The summed E-state index contributed by atoms with van der Waals surface area (Å²) >= 11 is 0. The number of carbonyl (C=O) groups is 3. The maximum Gasteiger partial charge on any atom is 0.309 e. The van der Waals surface area contributed by atoms with Crippen LogP contribution in [-0.2, 0) is 38.6 Å². The summed E-state index contributed by atoms with van der Waals surface area (Å²) in [6.45, 7) is 7.90. The maximum absolute atomic E-state index is 13.7. The minimum Gasteiger partial charge on any atom is -0.489 e. The third kappa shape index (κ3) is 12.1. The minimum absolute atomic E-state index is 0.0418. The Bertz CT molecular complexity index is 1490. The van der Waals surface area contributed by atoms with E-state index in [-0.39, 0.29) is 37.4 Å². The summed E-state index contributed by atoms with van der Waals surface area (Å²) in [6, 6.07) is 26.8. The molecule has 1 aliphatic carbocycles. The summed E-state index contributed by atoms with van der Waals surface area (Å²) in [6.07, 6.45) is 8.27. The SMILES string of the molecule is C=CC[C@H](CC(=O)NC1(CO)CCCC1)C(=O)N[C@H](COC(=O)[C@@H](CC=C)Cc1ccccc1)Cc1ccc(OCc2ccccc2)cc1. The highest BCUT2D eigenvalue weighted by atomic mass is 16.5. The van der Waals surface area contributed by atoms with Crippen molar-refractivity contribution in [1.29, 1.82) is 0 Å². The Kier molecular flexibility index (Phi) is 14.7. The number of aliphatic hydroxyl groups is 1. The Balaban J connectivity index is 1.44. The van der Waals surface area contributed by atoms with Crippen LogP contribution in [0.25, 0.3) is 0 Å². The average Bonchev–Trinajstić information content (AvgIpc) is 3.59. The van der Waals surface area contributed by atoms with Crippen molar-refractivity contribution in [3.8, 4) is 5.75 Å². The number of carbonyl (C=O) groups excluding carboxylic acids is 3. The molecule has 1 saturated carbocycles. The van der Waals surface area contributed by atoms with Crippen LogP contribution in [0.5, 0.6) is 5.75 Å². The molecule has 0 heterocycles. The van der Waals surface area contributed by atoms with Crippen molar-refractivity contribution in [3.63, 3.8) is 0 Å². The molecule has 8 nitrogen and oxygen atoms in total. The van der Waals surface area contributed by atoms with Gasteiger partial charge in [-0.25, -0.2) is 0 Å². The molecule has 3 N–H and O–H groups in total. The number of nitrogens with one attached hydrogen (secondary N) is 2. The molecule has 0 unspecified atom stereocenters. The number of ether oxygens (including phenoxy) is 2. The van der Waals surface area contributed by atoms with E-state index >= 15 is 0 Å². The summed E-state index contributed by atoms with van der Waals surface area (Å²) in [5.41, 5.74) is 2.39. The van der Waals surface area contributed by atoms with Crippen LogP contribution in [0.2, 0.25) is 0 Å². The molecule has 1 aliphatic rings. The van der Waals surface area contributed by atoms with E-state index in [1.807, 2.05) is 84.9 Å². The van der Waals surface area contributed by atoms with Crippen LogP contribution in [0.1, 0.15) is 61.6 Å². The molecule has 8 heteroatoms. The normalized spacial score (nSPS) is 15.3. The molecule has 0 bridgehead atoms. The van der Waals surface area contributed by atoms with Crippen molar-refractivity contribution in [2.45, 2.75) is 76.0 Å². The second kappa shape index (κ2) is 19.3. The molecule has 0 aliphatic heterocycles. The predicted molar refractivity (Wildman–Crippen MR) is 192 cm³/mol. The topological polar surface area (TPSA) is 114 Å². The fourth-order valence-corrected chi connectivity index (χ4v) is 6.31. The van der Waals surface area contributed by atoms with Gasteiger partial charge in [0.05, 0.1) is 30.0 Å². The number of esters is 1. The summed E-state index contributed by atoms with van der Waals surface area (Å²) < 4.78 is 11.8. The van der Waals surface area contributed by atoms with Gasteiger partial charge in [0.25, 0.3) is 0 Å². The molecule has 0 spiro atoms. The van der Waals surface area contributed by atoms with E-state index in [1.54, 1.807) is 12.2 Å². The summed E-state index contributed by atoms with van der Waals surface area (Å²) in [5, 5.41) is 16.0. The Morgan fingerprint density at radius 1 is 0.796 bits per heavy atom. The van der Waals surface area contributed by atoms with E-state index in [1.165, 1.54) is 0 Å². The highest BCUT2D eigenvalue weighted by molar-refractivity contribution is 5.86. The summed E-state index contributed by atoms with van der Waals surface area (Å²) in [7, 11) is 0. The van der Waals surface area contributed by atoms with Gasteiger partial charge >= 0.3 is 5.97 Å². The number of hydrogen-bond acceptors (Lipinski definition) is 6. The molecule has 4 rings (SSSR count). The molecular weight excluding hydrogens is 616 g/mol. The molecule has 0 radical (unpaired) electrons. The van der Waals surface area contributed by atoms with Gasteiger partial charge in [0, 0.05) is 6.42 Å². The minimum atomic E-state index is -0.673. The second-order valence-electron chi connectivity index (χ2n) is 13.0. The van der Waals surface area contributed by atoms with Crippen molar-refractivity contribution < 1.29 is 29.0 Å². The van der Waals surface area contributed by atoms with Crippen molar-refractivity contribution in [3.05, 3.63) is 127 Å². The molecule has 3 aromatic rings. The van der Waals surface area contributed by atoms with Gasteiger partial charge in [-0.2, -0.15) is 0 Å². The van der Waals surface area contributed by atoms with Crippen LogP contribution in [0, 0.1) is 11.8 Å². The highest BCUT2D eigenvalue weighted by Gasteiger charge is 2.35. The van der Waals surface area contributed by atoms with Crippen LogP contribution in [0.15, 0.2) is 110 Å². The van der Waals surface area contributed by atoms with E-state index in [2.05, 4.69) is 23.8 Å². The largest absolute Gasteiger partial charge is 0.489 e. The molecule has 260 valence electrons. The Labute approximate surface area is 290 Å². The molecule has 0 saturated heterocycles. The standard InChI is InChI=1S/C41H50N2O6/c1-3-13-34(27-38(45)43-41(30-44)23-11-12-24-41)39(46)42-36(29-49-40(47)35(14-4-2)25-31-15-7-5-8-16-31)26-32-19-21-37(22-20-32)48-28-33-17-9-6-10-18-33/h3-10,15-22,34-36,44H,1-2,11-14,23-30H2,(H,42,46)(H,43,45)/t34-,35+,36+/m1/s1. The van der Waals surface area contributed by atoms with Gasteiger partial charge in [-0.1, -0.05) is 97.8 Å². The Morgan fingerprint density at radius 3 is 2.00 bits per heavy atom. The van der Waals surface area contributed by atoms with Crippen LogP contribution < -0.4 is 15.4 Å². The van der Waals surface area contributed by atoms with Gasteiger partial charge in [0.1, 0.15) is 19.0 Å². The lowest BCUT2D eigenvalue weighted by molar-refractivity contribution is -0.149. The quantitative estimate of drug-likeness (QED) is 0.0968. The summed E-state index contributed by atoms with van der Waals surface area (Å²) in [4.78, 5) is 40.1. The van der Waals surface area contributed by atoms with Gasteiger partial charge in [-0.05, 0) is 67.3 Å². The lowest BCUT2D eigenvalue weighted by atomic mass is 9.95. The van der Waals surface area contributed by atoms with Crippen molar-refractivity contribution in [1.82, 2.24) is 10.6 Å². The number of aliphatic hydroxyl groups excluding tert-OH is 1. The molecule has 1 fully saturated rings. The summed E-state index contributed by atoms with van der Waals surface area (Å²) in [5.74, 6) is -1.33. The maximum atomic E-state index is 13.7. The second-order valence-corrected chi connectivity index (χ2v) is 13.0. The van der Waals surface area contributed by atoms with E-state index in [4.69, 9.17) is 9.47 Å². The van der Waals surface area contributed by atoms with Crippen LogP contribution in [0.3, 0.4) is 0 Å². The molecule has 3 aromatic carbocycles. The zero-order chi connectivity index (χ0) is 34.9. The fraction of sp³-hybridized carbons (Fsp3) is 0.390. The van der Waals surface area contributed by atoms with Crippen LogP contribution >= 0.6 is 0 Å². The average molecular weight is 667 g/mol. The number of hydrogen-bond donors (Lipinski definition) is 3. The zero-order valence-corrected chi connectivity index (χ0v) is 28.4. The number of benzene rings is 3. The first-order valence-corrected chi connectivity index (χ1v) is 17.2. The smallest absolute Gasteiger partial charge is 0.309 e. The van der Waals surface area contributed by atoms with E-state index in [0.717, 1.165) is 29.5 Å². The molecule has 3 atom stereocenters. The first-order valence-electron chi connectivity index (χ1n) is 17.2. The van der Waals surface area contributed by atoms with Crippen LogP contribution in [-0.4, -0.2) is 47.7 Å². The first-order chi connectivity index (χ1) is 23.8. The third-order valence-corrected chi connectivity index (χ3v) is 9.06. The first kappa shape index (κ1) is 37.1. The number of amides is 2. The molecule has 2 amide bonds. The molecular formula is C41H50N2O6. The highest BCUT2D eigenvalue weighted by Crippen LogP contribution is 2.29. The Morgan fingerprint density at radius 2 is 1.39 bits per heavy atom. The molecule has 49 heavy (non-hydrogen) atoms. The monoisotopic (exact) mass is 666 g/mol. The van der Waals surface area contributed by atoms with E-state index in [9.17, 15) is 19.5 Å². The van der Waals surface area contributed by atoms with Gasteiger partial charge < -0.3 is 25.2 Å². The number of rotatable bonds is 20. The molecule has 0 aromatic heterocycles. The van der Waals surface area contributed by atoms with E-state index in [0.29, 0.717) is 50.9 Å². The van der Waals surface area contributed by atoms with Gasteiger partial charge in [-0.15, -0.1) is 13.2 Å². The lowest BCUT2D eigenvalue weighted by Gasteiger charge is -2.29. The zero-order valence-electron chi connectivity index (χ0n) is 28.4. The van der Waals surface area contributed by atoms with Crippen molar-refractivity contribution in [2.24, 2.45) is 11.8 Å².